The molecule has 1 fully saturated rings. The van der Waals surface area contributed by atoms with Gasteiger partial charge in [-0.05, 0) is 44.2 Å². The van der Waals surface area contributed by atoms with Crippen LogP contribution in [0.25, 0.3) is 5.65 Å². The van der Waals surface area contributed by atoms with Gasteiger partial charge in [0.05, 0.1) is 11.4 Å². The van der Waals surface area contributed by atoms with E-state index in [0.29, 0.717) is 11.7 Å². The van der Waals surface area contributed by atoms with E-state index in [2.05, 4.69) is 31.1 Å². The van der Waals surface area contributed by atoms with Crippen molar-refractivity contribution in [1.29, 1.82) is 0 Å². The lowest BCUT2D eigenvalue weighted by Crippen LogP contribution is -2.43. The van der Waals surface area contributed by atoms with Gasteiger partial charge in [-0.1, -0.05) is 6.07 Å². The van der Waals surface area contributed by atoms with Gasteiger partial charge in [-0.25, -0.2) is 4.98 Å². The molecular formula is C18H26N4OS. The number of pyridine rings is 1. The van der Waals surface area contributed by atoms with Crippen LogP contribution >= 0.6 is 11.8 Å². The molecule has 24 heavy (non-hydrogen) atoms. The van der Waals surface area contributed by atoms with Gasteiger partial charge in [0.15, 0.2) is 0 Å². The maximum Gasteiger partial charge on any atom is 0.232 e. The minimum absolute atomic E-state index is 0.232. The molecule has 1 aliphatic heterocycles. The van der Waals surface area contributed by atoms with E-state index >= 15 is 0 Å². The molecule has 5 nitrogen and oxygen atoms in total. The van der Waals surface area contributed by atoms with E-state index in [4.69, 9.17) is 5.73 Å². The third-order valence-corrected chi connectivity index (χ3v) is 5.71. The SMILES string of the molecule is Cc1ccc2nc(CSCC(=O)N3CCC(C(C)N)CC3)cn2c1. The number of nitrogens with two attached hydrogens (primary N) is 1. The fourth-order valence-electron chi connectivity index (χ4n) is 3.23. The average molecular weight is 347 g/mol. The molecule has 130 valence electrons. The summed E-state index contributed by atoms with van der Waals surface area (Å²) in [7, 11) is 0. The fraction of sp³-hybridized carbons (Fsp3) is 0.556. The topological polar surface area (TPSA) is 63.6 Å². The second kappa shape index (κ2) is 7.57. The van der Waals surface area contributed by atoms with Crippen molar-refractivity contribution >= 4 is 23.3 Å². The second-order valence-electron chi connectivity index (χ2n) is 6.77. The number of piperidine rings is 1. The zero-order valence-corrected chi connectivity index (χ0v) is 15.3. The molecule has 0 radical (unpaired) electrons. The molecule has 2 aromatic rings. The minimum atomic E-state index is 0.232. The monoisotopic (exact) mass is 346 g/mol. The van der Waals surface area contributed by atoms with Crippen LogP contribution in [-0.4, -0.2) is 45.1 Å². The van der Waals surface area contributed by atoms with Crippen molar-refractivity contribution in [3.8, 4) is 0 Å². The van der Waals surface area contributed by atoms with E-state index in [0.717, 1.165) is 43.0 Å². The molecule has 0 spiro atoms. The number of aryl methyl sites for hydroxylation is 1. The Labute approximate surface area is 147 Å². The van der Waals surface area contributed by atoms with E-state index in [1.807, 2.05) is 21.6 Å². The fourth-order valence-corrected chi connectivity index (χ4v) is 4.04. The highest BCUT2D eigenvalue weighted by molar-refractivity contribution is 7.99. The standard InChI is InChI=1S/C18H26N4OS/c1-13-3-4-17-20-16(10-22(17)9-13)11-24-12-18(23)21-7-5-15(6-8-21)14(2)19/h3-4,9-10,14-15H,5-8,11-12,19H2,1-2H3. The molecule has 1 saturated heterocycles. The van der Waals surface area contributed by atoms with Crippen LogP contribution < -0.4 is 5.73 Å². The number of rotatable bonds is 5. The lowest BCUT2D eigenvalue weighted by atomic mass is 9.91. The van der Waals surface area contributed by atoms with Gasteiger partial charge < -0.3 is 15.0 Å². The molecule has 1 unspecified atom stereocenters. The number of carbonyl (C=O) groups is 1. The molecule has 0 aromatic carbocycles. The highest BCUT2D eigenvalue weighted by Crippen LogP contribution is 2.21. The Kier molecular flexibility index (Phi) is 5.46. The predicted molar refractivity (Wildman–Crippen MR) is 99.0 cm³/mol. The van der Waals surface area contributed by atoms with Crippen molar-refractivity contribution in [3.05, 3.63) is 35.8 Å². The van der Waals surface area contributed by atoms with Crippen LogP contribution in [0.3, 0.4) is 0 Å². The predicted octanol–water partition coefficient (Wildman–Crippen LogP) is 2.46. The van der Waals surface area contributed by atoms with Gasteiger partial charge in [-0.2, -0.15) is 0 Å². The third-order valence-electron chi connectivity index (χ3n) is 4.76. The number of imidazole rings is 1. The summed E-state index contributed by atoms with van der Waals surface area (Å²) in [5.74, 6) is 2.09. The maximum atomic E-state index is 12.3. The highest BCUT2D eigenvalue weighted by atomic mass is 32.2. The molecule has 6 heteroatoms. The second-order valence-corrected chi connectivity index (χ2v) is 7.76. The Morgan fingerprint density at radius 1 is 1.38 bits per heavy atom. The van der Waals surface area contributed by atoms with Crippen LogP contribution in [0.4, 0.5) is 0 Å². The van der Waals surface area contributed by atoms with Crippen LogP contribution in [0.5, 0.6) is 0 Å². The van der Waals surface area contributed by atoms with Crippen LogP contribution in [0.15, 0.2) is 24.5 Å². The van der Waals surface area contributed by atoms with E-state index in [1.165, 1.54) is 5.56 Å². The first-order chi connectivity index (χ1) is 11.5. The van der Waals surface area contributed by atoms with Gasteiger partial charge >= 0.3 is 0 Å². The molecule has 3 rings (SSSR count). The van der Waals surface area contributed by atoms with Gasteiger partial charge in [0.1, 0.15) is 5.65 Å². The lowest BCUT2D eigenvalue weighted by molar-refractivity contribution is -0.129. The number of hydrogen-bond acceptors (Lipinski definition) is 4. The molecule has 2 aromatic heterocycles. The molecule has 0 bridgehead atoms. The van der Waals surface area contributed by atoms with Gasteiger partial charge in [0.25, 0.3) is 0 Å². The lowest BCUT2D eigenvalue weighted by Gasteiger charge is -2.33. The van der Waals surface area contributed by atoms with Crippen molar-refractivity contribution < 1.29 is 4.79 Å². The summed E-state index contributed by atoms with van der Waals surface area (Å²) in [5.41, 5.74) is 9.15. The van der Waals surface area contributed by atoms with Crippen molar-refractivity contribution in [2.75, 3.05) is 18.8 Å². The zero-order valence-electron chi connectivity index (χ0n) is 14.4. The first kappa shape index (κ1) is 17.3. The number of carbonyl (C=O) groups excluding carboxylic acids is 1. The molecule has 0 saturated carbocycles. The summed E-state index contributed by atoms with van der Waals surface area (Å²) in [5, 5.41) is 0. The number of nitrogens with zero attached hydrogens (tertiary/aromatic N) is 3. The zero-order chi connectivity index (χ0) is 17.1. The summed E-state index contributed by atoms with van der Waals surface area (Å²) in [4.78, 5) is 18.9. The molecule has 1 amide bonds. The van der Waals surface area contributed by atoms with Crippen molar-refractivity contribution in [1.82, 2.24) is 14.3 Å². The molecule has 0 aliphatic carbocycles. The molecule has 1 atom stereocenters. The van der Waals surface area contributed by atoms with Gasteiger partial charge in [0, 0.05) is 37.3 Å². The number of fused-ring (bicyclic) bond motifs is 1. The molecule has 2 N–H and O–H groups in total. The van der Waals surface area contributed by atoms with Crippen LogP contribution in [0.2, 0.25) is 0 Å². The van der Waals surface area contributed by atoms with Crippen molar-refractivity contribution in [2.24, 2.45) is 11.7 Å². The number of hydrogen-bond donors (Lipinski definition) is 1. The summed E-state index contributed by atoms with van der Waals surface area (Å²) in [6, 6.07) is 4.32. The Morgan fingerprint density at radius 2 is 2.12 bits per heavy atom. The molecular weight excluding hydrogens is 320 g/mol. The number of aromatic nitrogens is 2. The van der Waals surface area contributed by atoms with Crippen LogP contribution in [0, 0.1) is 12.8 Å². The van der Waals surface area contributed by atoms with Gasteiger partial charge in [-0.15, -0.1) is 11.8 Å². The quantitative estimate of drug-likeness (QED) is 0.903. The van der Waals surface area contributed by atoms with Crippen LogP contribution in [0.1, 0.15) is 31.0 Å². The summed E-state index contributed by atoms with van der Waals surface area (Å²) >= 11 is 1.64. The average Bonchev–Trinajstić information content (AvgIpc) is 2.96. The minimum Gasteiger partial charge on any atom is -0.342 e. The maximum absolute atomic E-state index is 12.3. The highest BCUT2D eigenvalue weighted by Gasteiger charge is 2.24. The summed E-state index contributed by atoms with van der Waals surface area (Å²) in [6.07, 6.45) is 6.18. The number of likely N-dealkylation sites (tertiary alicyclic amines) is 1. The largest absolute Gasteiger partial charge is 0.342 e. The van der Waals surface area contributed by atoms with Gasteiger partial charge in [0.2, 0.25) is 5.91 Å². The van der Waals surface area contributed by atoms with Crippen molar-refractivity contribution in [3.63, 3.8) is 0 Å². The Hall–Kier alpha value is -1.53. The third kappa shape index (κ3) is 4.11. The first-order valence-electron chi connectivity index (χ1n) is 8.58. The van der Waals surface area contributed by atoms with Crippen LogP contribution in [-0.2, 0) is 10.5 Å². The number of amides is 1. The Morgan fingerprint density at radius 3 is 2.83 bits per heavy atom. The Balaban J connectivity index is 1.46. The van der Waals surface area contributed by atoms with E-state index in [-0.39, 0.29) is 11.9 Å². The van der Waals surface area contributed by atoms with Gasteiger partial charge in [-0.3, -0.25) is 4.79 Å². The van der Waals surface area contributed by atoms with E-state index < -0.39 is 0 Å². The first-order valence-corrected chi connectivity index (χ1v) is 9.74. The normalized spacial score (nSPS) is 17.4. The molecule has 3 heterocycles. The number of thioether (sulfide) groups is 1. The molecule has 1 aliphatic rings. The smallest absolute Gasteiger partial charge is 0.232 e. The van der Waals surface area contributed by atoms with Crippen molar-refractivity contribution in [2.45, 2.75) is 38.5 Å². The van der Waals surface area contributed by atoms with E-state index in [9.17, 15) is 4.79 Å². The summed E-state index contributed by atoms with van der Waals surface area (Å²) in [6.45, 7) is 5.83. The Bertz CT molecular complexity index is 704. The van der Waals surface area contributed by atoms with E-state index in [1.54, 1.807) is 11.8 Å². The summed E-state index contributed by atoms with van der Waals surface area (Å²) < 4.78 is 2.05.